The molecule has 0 bridgehead atoms. The van der Waals surface area contributed by atoms with E-state index in [0.29, 0.717) is 6.42 Å². The van der Waals surface area contributed by atoms with Gasteiger partial charge in [0.2, 0.25) is 5.91 Å². The Kier molecular flexibility index (Phi) is 2.63. The van der Waals surface area contributed by atoms with E-state index in [0.717, 1.165) is 31.5 Å². The lowest BCUT2D eigenvalue weighted by atomic mass is 9.87. The van der Waals surface area contributed by atoms with Gasteiger partial charge in [-0.2, -0.15) is 5.26 Å². The van der Waals surface area contributed by atoms with Crippen LogP contribution < -0.4 is 0 Å². The van der Waals surface area contributed by atoms with Gasteiger partial charge in [0, 0.05) is 18.5 Å². The fourth-order valence-electron chi connectivity index (χ4n) is 3.35. The van der Waals surface area contributed by atoms with Crippen molar-refractivity contribution in [1.82, 2.24) is 4.90 Å². The normalized spacial score (nSPS) is 32.9. The third-order valence-corrected chi connectivity index (χ3v) is 4.80. The summed E-state index contributed by atoms with van der Waals surface area (Å²) in [5.41, 5.74) is -0.0504. The van der Waals surface area contributed by atoms with Crippen LogP contribution in [0.1, 0.15) is 31.7 Å². The molecule has 1 amide bonds. The number of nitrogens with zero attached hydrogens (tertiary/aromatic N) is 2. The number of benzene rings is 1. The molecule has 1 heterocycles. The Balaban J connectivity index is 1.91. The van der Waals surface area contributed by atoms with Gasteiger partial charge in [0.1, 0.15) is 5.41 Å². The first-order valence-corrected chi connectivity index (χ1v) is 6.90. The molecular weight excluding hydrogens is 236 g/mol. The Bertz CT molecular complexity index is 542. The minimum Gasteiger partial charge on any atom is -0.341 e. The third-order valence-electron chi connectivity index (χ3n) is 4.80. The molecule has 3 rings (SSSR count). The molecule has 0 unspecified atom stereocenters. The summed E-state index contributed by atoms with van der Waals surface area (Å²) in [6, 6.07) is 12.3. The van der Waals surface area contributed by atoms with Crippen LogP contribution in [0.25, 0.3) is 0 Å². The Labute approximate surface area is 113 Å². The predicted octanol–water partition coefficient (Wildman–Crippen LogP) is 2.48. The van der Waals surface area contributed by atoms with Gasteiger partial charge in [0.05, 0.1) is 6.07 Å². The number of rotatable bonds is 2. The maximum atomic E-state index is 12.7. The minimum absolute atomic E-state index is 0.0406. The first-order chi connectivity index (χ1) is 9.14. The Morgan fingerprint density at radius 3 is 2.47 bits per heavy atom. The molecule has 1 saturated heterocycles. The van der Waals surface area contributed by atoms with Gasteiger partial charge in [-0.3, -0.25) is 4.79 Å². The molecule has 1 saturated carbocycles. The van der Waals surface area contributed by atoms with Crippen LogP contribution in [0, 0.1) is 16.7 Å². The zero-order valence-electron chi connectivity index (χ0n) is 11.2. The Morgan fingerprint density at radius 2 is 1.89 bits per heavy atom. The van der Waals surface area contributed by atoms with Crippen molar-refractivity contribution in [3.05, 3.63) is 35.9 Å². The molecule has 2 atom stereocenters. The number of nitriles is 1. The molecule has 1 aliphatic carbocycles. The smallest absolute Gasteiger partial charge is 0.244 e. The summed E-state index contributed by atoms with van der Waals surface area (Å²) in [6.45, 7) is 3.67. The van der Waals surface area contributed by atoms with E-state index in [1.807, 2.05) is 42.2 Å². The largest absolute Gasteiger partial charge is 0.341 e. The van der Waals surface area contributed by atoms with Crippen LogP contribution >= 0.6 is 0 Å². The fraction of sp³-hybridized carbons (Fsp3) is 0.500. The highest BCUT2D eigenvalue weighted by Crippen LogP contribution is 2.65. The van der Waals surface area contributed by atoms with Gasteiger partial charge < -0.3 is 4.90 Å². The molecule has 1 aromatic carbocycles. The molecule has 2 aliphatic rings. The van der Waals surface area contributed by atoms with E-state index in [9.17, 15) is 10.1 Å². The van der Waals surface area contributed by atoms with E-state index in [4.69, 9.17) is 0 Å². The topological polar surface area (TPSA) is 44.1 Å². The van der Waals surface area contributed by atoms with Crippen molar-refractivity contribution in [3.63, 3.8) is 0 Å². The van der Waals surface area contributed by atoms with Crippen LogP contribution in [-0.2, 0) is 10.2 Å². The quantitative estimate of drug-likeness (QED) is 0.813. The second-order valence-electron chi connectivity index (χ2n) is 5.89. The number of carbonyl (C=O) groups excluding carboxylic acids is 1. The Morgan fingerprint density at radius 1 is 1.26 bits per heavy atom. The Hall–Kier alpha value is -1.82. The predicted molar refractivity (Wildman–Crippen MR) is 72.3 cm³/mol. The minimum atomic E-state index is -0.835. The van der Waals surface area contributed by atoms with Crippen molar-refractivity contribution in [2.75, 3.05) is 13.1 Å². The number of hydrogen-bond acceptors (Lipinski definition) is 2. The van der Waals surface area contributed by atoms with Crippen molar-refractivity contribution in [2.45, 2.75) is 31.6 Å². The van der Waals surface area contributed by atoms with Gasteiger partial charge in [-0.05, 0) is 24.8 Å². The number of hydrogen-bond donors (Lipinski definition) is 0. The van der Waals surface area contributed by atoms with Gasteiger partial charge in [-0.25, -0.2) is 0 Å². The zero-order chi connectivity index (χ0) is 13.5. The summed E-state index contributed by atoms with van der Waals surface area (Å²) in [5, 5.41) is 9.59. The number of carbonyl (C=O) groups is 1. The van der Waals surface area contributed by atoms with E-state index < -0.39 is 5.41 Å². The average Bonchev–Trinajstić information content (AvgIpc) is 2.83. The molecule has 3 heteroatoms. The molecule has 1 aromatic rings. The van der Waals surface area contributed by atoms with Crippen LogP contribution in [0.2, 0.25) is 0 Å². The molecule has 0 spiro atoms. The van der Waals surface area contributed by atoms with E-state index in [2.05, 4.69) is 6.07 Å². The SMILES string of the molecule is C[C@@]1(c2ccccc2)C[C@@]1(C#N)C(=O)N1CCCC1. The highest BCUT2D eigenvalue weighted by Gasteiger charge is 2.71. The summed E-state index contributed by atoms with van der Waals surface area (Å²) in [4.78, 5) is 14.5. The van der Waals surface area contributed by atoms with Crippen LogP contribution in [-0.4, -0.2) is 23.9 Å². The average molecular weight is 254 g/mol. The third kappa shape index (κ3) is 1.59. The monoisotopic (exact) mass is 254 g/mol. The molecule has 0 radical (unpaired) electrons. The van der Waals surface area contributed by atoms with Crippen molar-refractivity contribution in [2.24, 2.45) is 5.41 Å². The second-order valence-corrected chi connectivity index (χ2v) is 5.89. The lowest BCUT2D eigenvalue weighted by Crippen LogP contribution is -2.37. The molecule has 2 fully saturated rings. The lowest BCUT2D eigenvalue weighted by molar-refractivity contribution is -0.134. The fourth-order valence-corrected chi connectivity index (χ4v) is 3.35. The van der Waals surface area contributed by atoms with Crippen molar-refractivity contribution < 1.29 is 4.79 Å². The molecular formula is C16H18N2O. The lowest BCUT2D eigenvalue weighted by Gasteiger charge is -2.22. The molecule has 0 aromatic heterocycles. The summed E-state index contributed by atoms with van der Waals surface area (Å²) >= 11 is 0. The first-order valence-electron chi connectivity index (χ1n) is 6.90. The second kappa shape index (κ2) is 4.09. The van der Waals surface area contributed by atoms with Gasteiger partial charge >= 0.3 is 0 Å². The van der Waals surface area contributed by atoms with E-state index in [-0.39, 0.29) is 11.3 Å². The molecule has 1 aliphatic heterocycles. The molecule has 98 valence electrons. The maximum Gasteiger partial charge on any atom is 0.244 e. The van der Waals surface area contributed by atoms with Gasteiger partial charge in [0.15, 0.2) is 0 Å². The van der Waals surface area contributed by atoms with Gasteiger partial charge in [-0.1, -0.05) is 37.3 Å². The summed E-state index contributed by atoms with van der Waals surface area (Å²) < 4.78 is 0. The summed E-state index contributed by atoms with van der Waals surface area (Å²) in [5.74, 6) is 0.0406. The molecule has 0 N–H and O–H groups in total. The summed E-state index contributed by atoms with van der Waals surface area (Å²) in [7, 11) is 0. The molecule has 3 nitrogen and oxygen atoms in total. The number of amides is 1. The standard InChI is InChI=1S/C16H18N2O/c1-15(13-7-3-2-4-8-13)11-16(15,12-17)14(19)18-9-5-6-10-18/h2-4,7-8H,5-6,9-11H2,1H3/t15-,16+/m0/s1. The van der Waals surface area contributed by atoms with Crippen LogP contribution in [0.4, 0.5) is 0 Å². The van der Waals surface area contributed by atoms with Crippen molar-refractivity contribution in [3.8, 4) is 6.07 Å². The van der Waals surface area contributed by atoms with Crippen molar-refractivity contribution in [1.29, 1.82) is 5.26 Å². The van der Waals surface area contributed by atoms with Crippen LogP contribution in [0.3, 0.4) is 0 Å². The number of likely N-dealkylation sites (tertiary alicyclic amines) is 1. The highest BCUT2D eigenvalue weighted by molar-refractivity contribution is 5.92. The van der Waals surface area contributed by atoms with Crippen molar-refractivity contribution >= 4 is 5.91 Å². The van der Waals surface area contributed by atoms with E-state index >= 15 is 0 Å². The van der Waals surface area contributed by atoms with Crippen LogP contribution in [0.5, 0.6) is 0 Å². The summed E-state index contributed by atoms with van der Waals surface area (Å²) in [6.07, 6.45) is 2.78. The first kappa shape index (κ1) is 12.2. The van der Waals surface area contributed by atoms with E-state index in [1.165, 1.54) is 0 Å². The van der Waals surface area contributed by atoms with Gasteiger partial charge in [-0.15, -0.1) is 0 Å². The van der Waals surface area contributed by atoms with Gasteiger partial charge in [0.25, 0.3) is 0 Å². The molecule has 19 heavy (non-hydrogen) atoms. The maximum absolute atomic E-state index is 12.7. The van der Waals surface area contributed by atoms with Crippen LogP contribution in [0.15, 0.2) is 30.3 Å². The highest BCUT2D eigenvalue weighted by atomic mass is 16.2. The van der Waals surface area contributed by atoms with E-state index in [1.54, 1.807) is 0 Å². The zero-order valence-corrected chi connectivity index (χ0v) is 11.2.